The number of hydrogen-bond donors (Lipinski definition) is 6. The zero-order valence-corrected chi connectivity index (χ0v) is 19.4. The lowest BCUT2D eigenvalue weighted by atomic mass is 10.1. The maximum Gasteiger partial charge on any atom is 0.414 e. The SMILES string of the molecule is O=C(O)C(=O)O.O=C(O)C(=O)O.c1cnc(OCCn2c(NC3CCNCC3)nc3cccnc32)nc1. The highest BCUT2D eigenvalue weighted by molar-refractivity contribution is 6.27. The van der Waals surface area contributed by atoms with Crippen LogP contribution in [0.1, 0.15) is 12.8 Å². The Morgan fingerprint density at radius 3 is 2.05 bits per heavy atom. The van der Waals surface area contributed by atoms with E-state index in [2.05, 4.69) is 30.2 Å². The van der Waals surface area contributed by atoms with E-state index >= 15 is 0 Å². The van der Waals surface area contributed by atoms with E-state index in [1.165, 1.54) is 0 Å². The van der Waals surface area contributed by atoms with Crippen molar-refractivity contribution in [3.8, 4) is 6.01 Å². The first-order chi connectivity index (χ1) is 17.7. The first-order valence-corrected chi connectivity index (χ1v) is 10.8. The molecule has 0 unspecified atom stereocenters. The summed E-state index contributed by atoms with van der Waals surface area (Å²) in [4.78, 5) is 53.8. The number of carboxylic acids is 4. The summed E-state index contributed by atoms with van der Waals surface area (Å²) in [5, 5.41) is 36.5. The highest BCUT2D eigenvalue weighted by Crippen LogP contribution is 2.20. The summed E-state index contributed by atoms with van der Waals surface area (Å²) in [6.07, 6.45) is 7.30. The van der Waals surface area contributed by atoms with Gasteiger partial charge in [-0.1, -0.05) is 0 Å². The third-order valence-electron chi connectivity index (χ3n) is 4.63. The number of piperidine rings is 1. The zero-order valence-electron chi connectivity index (χ0n) is 19.4. The minimum Gasteiger partial charge on any atom is -0.473 e. The molecule has 198 valence electrons. The number of rotatable bonds is 6. The minimum atomic E-state index is -1.82. The fourth-order valence-electron chi connectivity index (χ4n) is 3.02. The third kappa shape index (κ3) is 9.73. The molecule has 4 heterocycles. The second-order valence-electron chi connectivity index (χ2n) is 7.20. The minimum absolute atomic E-state index is 0.382. The number of fused-ring (bicyclic) bond motifs is 1. The molecule has 6 N–H and O–H groups in total. The lowest BCUT2D eigenvalue weighted by molar-refractivity contribution is -0.159. The molecular formula is C21H25N7O9. The van der Waals surface area contributed by atoms with Crippen LogP contribution < -0.4 is 15.4 Å². The molecule has 0 radical (unpaired) electrons. The summed E-state index contributed by atoms with van der Waals surface area (Å²) in [5.74, 6) is -6.45. The monoisotopic (exact) mass is 519 g/mol. The number of anilines is 1. The number of pyridine rings is 1. The Kier molecular flexibility index (Phi) is 11.1. The van der Waals surface area contributed by atoms with Crippen molar-refractivity contribution in [3.63, 3.8) is 0 Å². The van der Waals surface area contributed by atoms with Crippen LogP contribution in [-0.2, 0) is 25.7 Å². The van der Waals surface area contributed by atoms with Gasteiger partial charge in [-0.3, -0.25) is 4.57 Å². The van der Waals surface area contributed by atoms with Crippen molar-refractivity contribution in [2.75, 3.05) is 25.0 Å². The van der Waals surface area contributed by atoms with Gasteiger partial charge >= 0.3 is 29.9 Å². The molecule has 3 aromatic rings. The van der Waals surface area contributed by atoms with Gasteiger partial charge in [0.25, 0.3) is 0 Å². The molecule has 3 aromatic heterocycles. The van der Waals surface area contributed by atoms with E-state index in [1.807, 2.05) is 12.1 Å². The number of imidazole rings is 1. The average molecular weight is 519 g/mol. The Labute approximate surface area is 209 Å². The van der Waals surface area contributed by atoms with Gasteiger partial charge in [0, 0.05) is 24.6 Å². The van der Waals surface area contributed by atoms with E-state index < -0.39 is 23.9 Å². The fourth-order valence-corrected chi connectivity index (χ4v) is 3.02. The Morgan fingerprint density at radius 2 is 1.49 bits per heavy atom. The first-order valence-electron chi connectivity index (χ1n) is 10.8. The molecule has 0 bridgehead atoms. The quantitative estimate of drug-likeness (QED) is 0.231. The lowest BCUT2D eigenvalue weighted by Crippen LogP contribution is -2.36. The van der Waals surface area contributed by atoms with E-state index in [0.29, 0.717) is 25.2 Å². The standard InChI is InChI=1S/C17H21N7O.2C2H2O4/c1-3-14-15(19-6-1)24(11-12-25-17-20-7-2-8-21-17)16(23-14)22-13-4-9-18-10-5-13;2*3-1(4)2(5)6/h1-3,6-8,13,18H,4-5,9-12H2,(H,22,23);2*(H,3,4)(H,5,6). The summed E-state index contributed by atoms with van der Waals surface area (Å²) in [6.45, 7) is 3.14. The Bertz CT molecular complexity index is 1150. The summed E-state index contributed by atoms with van der Waals surface area (Å²) < 4.78 is 7.71. The average Bonchev–Trinajstić information content (AvgIpc) is 3.23. The van der Waals surface area contributed by atoms with Crippen molar-refractivity contribution in [3.05, 3.63) is 36.8 Å². The van der Waals surface area contributed by atoms with Gasteiger partial charge in [0.2, 0.25) is 5.95 Å². The van der Waals surface area contributed by atoms with Crippen molar-refractivity contribution >= 4 is 41.0 Å². The van der Waals surface area contributed by atoms with Gasteiger partial charge in [-0.15, -0.1) is 0 Å². The van der Waals surface area contributed by atoms with Gasteiger partial charge < -0.3 is 35.8 Å². The zero-order chi connectivity index (χ0) is 27.2. The number of aromatic nitrogens is 5. The van der Waals surface area contributed by atoms with E-state index in [9.17, 15) is 0 Å². The van der Waals surface area contributed by atoms with Crippen LogP contribution in [-0.4, -0.2) is 94.5 Å². The molecule has 0 spiro atoms. The van der Waals surface area contributed by atoms with Crippen LogP contribution >= 0.6 is 0 Å². The highest BCUT2D eigenvalue weighted by atomic mass is 16.5. The predicted octanol–water partition coefficient (Wildman–Crippen LogP) is -0.225. The Morgan fingerprint density at radius 1 is 0.919 bits per heavy atom. The van der Waals surface area contributed by atoms with E-state index in [1.54, 1.807) is 24.7 Å². The molecule has 1 saturated heterocycles. The van der Waals surface area contributed by atoms with Gasteiger partial charge in [-0.05, 0) is 44.1 Å². The van der Waals surface area contributed by atoms with Crippen LogP contribution in [0.15, 0.2) is 36.8 Å². The second kappa shape index (κ2) is 14.5. The van der Waals surface area contributed by atoms with Crippen LogP contribution in [0.2, 0.25) is 0 Å². The van der Waals surface area contributed by atoms with Gasteiger partial charge in [-0.25, -0.2) is 39.1 Å². The smallest absolute Gasteiger partial charge is 0.414 e. The Hall–Kier alpha value is -4.86. The van der Waals surface area contributed by atoms with Gasteiger partial charge in [0.1, 0.15) is 12.1 Å². The summed E-state index contributed by atoms with van der Waals surface area (Å²) in [7, 11) is 0. The molecule has 0 saturated carbocycles. The fraction of sp³-hybridized carbons (Fsp3) is 0.333. The van der Waals surface area contributed by atoms with Crippen molar-refractivity contribution in [1.82, 2.24) is 29.8 Å². The van der Waals surface area contributed by atoms with E-state index in [-0.39, 0.29) is 0 Å². The van der Waals surface area contributed by atoms with E-state index in [0.717, 1.165) is 43.0 Å². The molecule has 1 aliphatic heterocycles. The largest absolute Gasteiger partial charge is 0.473 e. The lowest BCUT2D eigenvalue weighted by Gasteiger charge is -2.24. The third-order valence-corrected chi connectivity index (χ3v) is 4.63. The van der Waals surface area contributed by atoms with Crippen LogP contribution in [0.25, 0.3) is 11.2 Å². The van der Waals surface area contributed by atoms with Gasteiger partial charge in [0.15, 0.2) is 5.65 Å². The van der Waals surface area contributed by atoms with Crippen molar-refractivity contribution in [1.29, 1.82) is 0 Å². The molecule has 16 nitrogen and oxygen atoms in total. The molecule has 1 aliphatic rings. The van der Waals surface area contributed by atoms with Crippen molar-refractivity contribution in [2.45, 2.75) is 25.4 Å². The molecule has 4 rings (SSSR count). The summed E-state index contributed by atoms with van der Waals surface area (Å²) in [5.41, 5.74) is 1.74. The molecule has 0 atom stereocenters. The maximum absolute atomic E-state index is 9.10. The molecular weight excluding hydrogens is 494 g/mol. The predicted molar refractivity (Wildman–Crippen MR) is 125 cm³/mol. The normalized spacial score (nSPS) is 12.8. The molecule has 16 heteroatoms. The van der Waals surface area contributed by atoms with Gasteiger partial charge in [-0.2, -0.15) is 0 Å². The van der Waals surface area contributed by atoms with Crippen LogP contribution in [0, 0.1) is 0 Å². The van der Waals surface area contributed by atoms with Gasteiger partial charge in [0.05, 0.1) is 6.54 Å². The van der Waals surface area contributed by atoms with Crippen LogP contribution in [0.3, 0.4) is 0 Å². The number of ether oxygens (including phenoxy) is 1. The number of carbonyl (C=O) groups is 4. The number of nitrogens with zero attached hydrogens (tertiary/aromatic N) is 5. The molecule has 0 aliphatic carbocycles. The van der Waals surface area contributed by atoms with Crippen molar-refractivity contribution in [2.24, 2.45) is 0 Å². The Balaban J connectivity index is 0.000000336. The number of aliphatic carboxylic acids is 4. The van der Waals surface area contributed by atoms with Crippen LogP contribution in [0.5, 0.6) is 6.01 Å². The van der Waals surface area contributed by atoms with Crippen molar-refractivity contribution < 1.29 is 44.3 Å². The topological polar surface area (TPSA) is 239 Å². The number of carboxylic acid groups (broad SMARTS) is 4. The number of nitrogens with one attached hydrogen (secondary N) is 2. The summed E-state index contributed by atoms with van der Waals surface area (Å²) in [6, 6.07) is 6.46. The molecule has 0 aromatic carbocycles. The first kappa shape index (κ1) is 28.4. The number of hydrogen-bond acceptors (Lipinski definition) is 11. The molecule has 1 fully saturated rings. The van der Waals surface area contributed by atoms with E-state index in [4.69, 9.17) is 49.3 Å². The second-order valence-corrected chi connectivity index (χ2v) is 7.20. The summed E-state index contributed by atoms with van der Waals surface area (Å²) >= 11 is 0. The molecule has 0 amide bonds. The van der Waals surface area contributed by atoms with Crippen LogP contribution in [0.4, 0.5) is 5.95 Å². The molecule has 37 heavy (non-hydrogen) atoms. The maximum atomic E-state index is 9.10. The highest BCUT2D eigenvalue weighted by Gasteiger charge is 2.18.